The fourth-order valence-corrected chi connectivity index (χ4v) is 2.97. The Bertz CT molecular complexity index is 810. The van der Waals surface area contributed by atoms with Crippen LogP contribution in [0, 0.1) is 0 Å². The Morgan fingerprint density at radius 3 is 2.58 bits per heavy atom. The molecule has 0 saturated carbocycles. The van der Waals surface area contributed by atoms with E-state index in [4.69, 9.17) is 27.9 Å². The van der Waals surface area contributed by atoms with Crippen LogP contribution in [0.25, 0.3) is 0 Å². The maximum absolute atomic E-state index is 12.6. The highest BCUT2D eigenvalue weighted by Gasteiger charge is 2.39. The van der Waals surface area contributed by atoms with E-state index in [-0.39, 0.29) is 18.2 Å². The molecule has 0 radical (unpaired) electrons. The van der Waals surface area contributed by atoms with Crippen LogP contribution in [0.5, 0.6) is 5.75 Å². The fourth-order valence-electron chi connectivity index (χ4n) is 2.61. The van der Waals surface area contributed by atoms with Crippen molar-refractivity contribution in [1.82, 2.24) is 0 Å². The summed E-state index contributed by atoms with van der Waals surface area (Å²) in [6, 6.07) is 11.0. The first-order valence-electron chi connectivity index (χ1n) is 7.22. The first kappa shape index (κ1) is 16.6. The number of rotatable bonds is 4. The van der Waals surface area contributed by atoms with Crippen molar-refractivity contribution in [3.05, 3.63) is 52.5 Å². The Kier molecular flexibility index (Phi) is 4.64. The molecular weight excluding hydrogens is 351 g/mol. The maximum Gasteiger partial charge on any atom is 0.256 e. The normalized spacial score (nSPS) is 17.3. The van der Waals surface area contributed by atoms with Gasteiger partial charge < -0.3 is 10.1 Å². The van der Waals surface area contributed by atoms with E-state index < -0.39 is 6.04 Å². The summed E-state index contributed by atoms with van der Waals surface area (Å²) >= 11 is 11.9. The third kappa shape index (κ3) is 3.18. The predicted molar refractivity (Wildman–Crippen MR) is 94.0 cm³/mol. The minimum atomic E-state index is -0.691. The van der Waals surface area contributed by atoms with E-state index in [9.17, 15) is 9.59 Å². The molecule has 1 aliphatic rings. The zero-order chi connectivity index (χ0) is 17.3. The summed E-state index contributed by atoms with van der Waals surface area (Å²) < 4.78 is 5.25. The largest absolute Gasteiger partial charge is 0.495 e. The number of nitrogens with zero attached hydrogens (tertiary/aromatic N) is 1. The summed E-state index contributed by atoms with van der Waals surface area (Å²) in [6.07, 6.45) is 0.0427. The second-order valence-electron chi connectivity index (χ2n) is 5.29. The molecule has 0 aliphatic carbocycles. The number of methoxy groups -OCH3 is 1. The van der Waals surface area contributed by atoms with Crippen LogP contribution in [-0.2, 0) is 9.59 Å². The summed E-state index contributed by atoms with van der Waals surface area (Å²) in [5, 5.41) is 4.00. The zero-order valence-electron chi connectivity index (χ0n) is 12.8. The second-order valence-corrected chi connectivity index (χ2v) is 6.17. The SMILES string of the molecule is COc1ccc(Cl)cc1N[C@@H]1CC(=O)N(c2cccc(Cl)c2)C1=O. The molecular formula is C17H14Cl2N2O3. The molecule has 0 unspecified atom stereocenters. The van der Waals surface area contributed by atoms with E-state index in [2.05, 4.69) is 5.32 Å². The van der Waals surface area contributed by atoms with Crippen molar-refractivity contribution in [2.45, 2.75) is 12.5 Å². The number of halogens is 2. The molecule has 2 amide bonds. The van der Waals surface area contributed by atoms with Gasteiger partial charge in [0, 0.05) is 10.0 Å². The number of imide groups is 1. The second kappa shape index (κ2) is 6.71. The Morgan fingerprint density at radius 1 is 1.12 bits per heavy atom. The van der Waals surface area contributed by atoms with Crippen LogP contribution in [-0.4, -0.2) is 25.0 Å². The van der Waals surface area contributed by atoms with Crippen LogP contribution in [0.2, 0.25) is 10.0 Å². The Hall–Kier alpha value is -2.24. The molecule has 0 spiro atoms. The molecule has 1 fully saturated rings. The number of carbonyl (C=O) groups is 2. The van der Waals surface area contributed by atoms with Crippen molar-refractivity contribution in [2.24, 2.45) is 0 Å². The molecule has 2 aromatic carbocycles. The van der Waals surface area contributed by atoms with Gasteiger partial charge in [-0.2, -0.15) is 0 Å². The number of nitrogens with one attached hydrogen (secondary N) is 1. The first-order valence-corrected chi connectivity index (χ1v) is 7.97. The molecule has 1 heterocycles. The lowest BCUT2D eigenvalue weighted by Crippen LogP contribution is -2.34. The number of carbonyl (C=O) groups excluding carboxylic acids is 2. The number of ether oxygens (including phenoxy) is 1. The predicted octanol–water partition coefficient (Wildman–Crippen LogP) is 3.75. The topological polar surface area (TPSA) is 58.6 Å². The van der Waals surface area contributed by atoms with Gasteiger partial charge in [-0.25, -0.2) is 4.90 Å². The Balaban J connectivity index is 1.86. The molecule has 7 heteroatoms. The molecule has 3 rings (SSSR count). The van der Waals surface area contributed by atoms with E-state index in [0.717, 1.165) is 4.90 Å². The van der Waals surface area contributed by atoms with Gasteiger partial charge >= 0.3 is 0 Å². The molecule has 0 bridgehead atoms. The molecule has 5 nitrogen and oxygen atoms in total. The molecule has 1 saturated heterocycles. The highest BCUT2D eigenvalue weighted by atomic mass is 35.5. The van der Waals surface area contributed by atoms with Gasteiger partial charge in [0.05, 0.1) is 24.9 Å². The van der Waals surface area contributed by atoms with Crippen molar-refractivity contribution in [3.8, 4) is 5.75 Å². The lowest BCUT2D eigenvalue weighted by molar-refractivity contribution is -0.121. The van der Waals surface area contributed by atoms with Gasteiger partial charge in [0.25, 0.3) is 5.91 Å². The summed E-state index contributed by atoms with van der Waals surface area (Å²) in [5.41, 5.74) is 1.02. The first-order chi connectivity index (χ1) is 11.5. The van der Waals surface area contributed by atoms with E-state index >= 15 is 0 Å². The van der Waals surface area contributed by atoms with Crippen molar-refractivity contribution in [3.63, 3.8) is 0 Å². The van der Waals surface area contributed by atoms with Crippen LogP contribution in [0.1, 0.15) is 6.42 Å². The van der Waals surface area contributed by atoms with Crippen LogP contribution in [0.3, 0.4) is 0 Å². The average Bonchev–Trinajstić information content (AvgIpc) is 2.81. The number of hydrogen-bond donors (Lipinski definition) is 1. The highest BCUT2D eigenvalue weighted by molar-refractivity contribution is 6.31. The zero-order valence-corrected chi connectivity index (χ0v) is 14.3. The highest BCUT2D eigenvalue weighted by Crippen LogP contribution is 2.31. The minimum Gasteiger partial charge on any atom is -0.495 e. The van der Waals surface area contributed by atoms with E-state index in [0.29, 0.717) is 27.2 Å². The third-order valence-electron chi connectivity index (χ3n) is 3.70. The molecule has 24 heavy (non-hydrogen) atoms. The Morgan fingerprint density at radius 2 is 1.88 bits per heavy atom. The van der Waals surface area contributed by atoms with Crippen LogP contribution in [0.4, 0.5) is 11.4 Å². The lowest BCUT2D eigenvalue weighted by Gasteiger charge is -2.17. The summed E-state index contributed by atoms with van der Waals surface area (Å²) in [6.45, 7) is 0. The number of amides is 2. The molecule has 1 N–H and O–H groups in total. The van der Waals surface area contributed by atoms with Gasteiger partial charge in [0.15, 0.2) is 0 Å². The van der Waals surface area contributed by atoms with Crippen molar-refractivity contribution < 1.29 is 14.3 Å². The van der Waals surface area contributed by atoms with Gasteiger partial charge in [-0.3, -0.25) is 9.59 Å². The lowest BCUT2D eigenvalue weighted by atomic mass is 10.2. The quantitative estimate of drug-likeness (QED) is 0.839. The van der Waals surface area contributed by atoms with E-state index in [1.165, 1.54) is 7.11 Å². The van der Waals surface area contributed by atoms with Gasteiger partial charge in [-0.15, -0.1) is 0 Å². The van der Waals surface area contributed by atoms with Crippen LogP contribution < -0.4 is 15.0 Å². The molecule has 2 aromatic rings. The van der Waals surface area contributed by atoms with Crippen LogP contribution in [0.15, 0.2) is 42.5 Å². The molecule has 1 aliphatic heterocycles. The number of benzene rings is 2. The fraction of sp³-hybridized carbons (Fsp3) is 0.176. The van der Waals surface area contributed by atoms with Crippen LogP contribution >= 0.6 is 23.2 Å². The number of hydrogen-bond acceptors (Lipinski definition) is 4. The van der Waals surface area contributed by atoms with Crippen molar-refractivity contribution in [1.29, 1.82) is 0 Å². The van der Waals surface area contributed by atoms with E-state index in [1.54, 1.807) is 42.5 Å². The summed E-state index contributed by atoms with van der Waals surface area (Å²) in [5.74, 6) is -0.0917. The van der Waals surface area contributed by atoms with Gasteiger partial charge in [0.1, 0.15) is 11.8 Å². The number of anilines is 2. The van der Waals surface area contributed by atoms with Gasteiger partial charge in [-0.1, -0.05) is 29.3 Å². The smallest absolute Gasteiger partial charge is 0.256 e. The van der Waals surface area contributed by atoms with Gasteiger partial charge in [0.2, 0.25) is 5.91 Å². The summed E-state index contributed by atoms with van der Waals surface area (Å²) in [7, 11) is 1.52. The molecule has 1 atom stereocenters. The summed E-state index contributed by atoms with van der Waals surface area (Å²) in [4.78, 5) is 26.1. The van der Waals surface area contributed by atoms with Crippen molar-refractivity contribution in [2.75, 3.05) is 17.3 Å². The van der Waals surface area contributed by atoms with E-state index in [1.807, 2.05) is 0 Å². The average molecular weight is 365 g/mol. The third-order valence-corrected chi connectivity index (χ3v) is 4.17. The molecule has 0 aromatic heterocycles. The van der Waals surface area contributed by atoms with Crippen molar-refractivity contribution >= 4 is 46.4 Å². The standard InChI is InChI=1S/C17H14Cl2N2O3/c1-24-15-6-5-11(19)8-13(15)20-14-9-16(22)21(17(14)23)12-4-2-3-10(18)7-12/h2-8,14,20H,9H2,1H3/t14-/m1/s1. The van der Waals surface area contributed by atoms with Gasteiger partial charge in [-0.05, 0) is 36.4 Å². The Labute approximate surface area is 149 Å². The minimum absolute atomic E-state index is 0.0427. The monoisotopic (exact) mass is 364 g/mol. The maximum atomic E-state index is 12.6. The molecule has 124 valence electrons.